The molecule has 0 saturated heterocycles. The van der Waals surface area contributed by atoms with Crippen molar-refractivity contribution < 1.29 is 22.4 Å². The lowest BCUT2D eigenvalue weighted by molar-refractivity contribution is -0.139. The summed E-state index contributed by atoms with van der Waals surface area (Å²) in [4.78, 5) is 27.0. The normalized spacial score (nSPS) is 12.2. The van der Waals surface area contributed by atoms with Crippen molar-refractivity contribution in [1.29, 1.82) is 0 Å². The minimum absolute atomic E-state index is 0.0387. The molecule has 0 aliphatic carbocycles. The molecule has 2 aromatic rings. The second-order valence-electron chi connectivity index (χ2n) is 7.33. The van der Waals surface area contributed by atoms with Crippen molar-refractivity contribution in [3.63, 3.8) is 0 Å². The lowest BCUT2D eigenvalue weighted by Crippen LogP contribution is -2.51. The number of carbonyl (C=O) groups excluding carboxylic acids is 2. The highest BCUT2D eigenvalue weighted by molar-refractivity contribution is 7.92. The third-order valence-electron chi connectivity index (χ3n) is 4.77. The Morgan fingerprint density at radius 3 is 2.32 bits per heavy atom. The Bertz CT molecular complexity index is 1030. The summed E-state index contributed by atoms with van der Waals surface area (Å²) in [6.45, 7) is 5.26. The Labute approximate surface area is 182 Å². The van der Waals surface area contributed by atoms with Gasteiger partial charge >= 0.3 is 0 Å². The monoisotopic (exact) mass is 449 g/mol. The minimum Gasteiger partial charge on any atom is -0.355 e. The fourth-order valence-corrected chi connectivity index (χ4v) is 3.88. The molecule has 0 aliphatic heterocycles. The smallest absolute Gasteiger partial charge is 0.244 e. The average molecular weight is 450 g/mol. The van der Waals surface area contributed by atoms with Crippen LogP contribution in [0.1, 0.15) is 25.0 Å². The number of aryl methyl sites for hydroxylation is 1. The van der Waals surface area contributed by atoms with Crippen molar-refractivity contribution in [2.45, 2.75) is 33.4 Å². The number of sulfonamides is 1. The van der Waals surface area contributed by atoms with Crippen LogP contribution in [0.2, 0.25) is 0 Å². The van der Waals surface area contributed by atoms with E-state index in [1.165, 1.54) is 23.1 Å². The molecule has 31 heavy (non-hydrogen) atoms. The van der Waals surface area contributed by atoms with Crippen molar-refractivity contribution in [2.24, 2.45) is 0 Å². The van der Waals surface area contributed by atoms with Crippen molar-refractivity contribution in [2.75, 3.05) is 23.7 Å². The van der Waals surface area contributed by atoms with E-state index in [2.05, 4.69) is 5.32 Å². The highest BCUT2D eigenvalue weighted by atomic mass is 32.2. The molecule has 2 aromatic carbocycles. The summed E-state index contributed by atoms with van der Waals surface area (Å²) in [6.07, 6.45) is 0.947. The number of halogens is 1. The molecule has 0 heterocycles. The van der Waals surface area contributed by atoms with Gasteiger partial charge in [-0.2, -0.15) is 0 Å². The van der Waals surface area contributed by atoms with Crippen molar-refractivity contribution in [3.05, 3.63) is 65.5 Å². The zero-order chi connectivity index (χ0) is 23.2. The van der Waals surface area contributed by atoms with Crippen LogP contribution in [0.5, 0.6) is 0 Å². The molecule has 2 rings (SSSR count). The standard InChI is InChI=1S/C22H28FN3O4S/c1-5-24-22(28)17(3)25(14-18-11-9-16(2)10-12-18)21(27)15-26(31(4,29)30)20-8-6-7-19(23)13-20/h6-13,17H,5,14-15H2,1-4H3,(H,24,28)/t17-/m1/s1. The summed E-state index contributed by atoms with van der Waals surface area (Å²) in [6, 6.07) is 11.7. The van der Waals surface area contributed by atoms with Gasteiger partial charge in [-0.3, -0.25) is 13.9 Å². The van der Waals surface area contributed by atoms with Gasteiger partial charge < -0.3 is 10.2 Å². The second-order valence-corrected chi connectivity index (χ2v) is 9.23. The molecule has 168 valence electrons. The van der Waals surface area contributed by atoms with Gasteiger partial charge in [0.05, 0.1) is 11.9 Å². The first-order valence-electron chi connectivity index (χ1n) is 9.89. The number of anilines is 1. The topological polar surface area (TPSA) is 86.8 Å². The molecule has 0 saturated carbocycles. The first-order valence-corrected chi connectivity index (χ1v) is 11.7. The van der Waals surface area contributed by atoms with Crippen molar-refractivity contribution in [1.82, 2.24) is 10.2 Å². The van der Waals surface area contributed by atoms with Crippen LogP contribution >= 0.6 is 0 Å². The first-order chi connectivity index (χ1) is 14.5. The molecule has 0 fully saturated rings. The first kappa shape index (κ1) is 24.3. The number of nitrogens with one attached hydrogen (secondary N) is 1. The van der Waals surface area contributed by atoms with Crippen LogP contribution < -0.4 is 9.62 Å². The third kappa shape index (κ3) is 6.78. The van der Waals surface area contributed by atoms with Crippen molar-refractivity contribution >= 4 is 27.5 Å². The van der Waals surface area contributed by atoms with Crippen LogP contribution in [0, 0.1) is 12.7 Å². The van der Waals surface area contributed by atoms with Gasteiger partial charge in [0.25, 0.3) is 0 Å². The van der Waals surface area contributed by atoms with Crippen LogP contribution in [-0.4, -0.2) is 50.5 Å². The van der Waals surface area contributed by atoms with Crippen LogP contribution in [0.15, 0.2) is 48.5 Å². The maximum Gasteiger partial charge on any atom is 0.244 e. The number of carbonyl (C=O) groups is 2. The Morgan fingerprint density at radius 2 is 1.77 bits per heavy atom. The summed E-state index contributed by atoms with van der Waals surface area (Å²) in [5.74, 6) is -1.54. The van der Waals surface area contributed by atoms with Crippen LogP contribution in [-0.2, 0) is 26.2 Å². The van der Waals surface area contributed by atoms with E-state index in [1.54, 1.807) is 13.8 Å². The summed E-state index contributed by atoms with van der Waals surface area (Å²) in [7, 11) is -3.88. The van der Waals surface area contributed by atoms with Crippen molar-refractivity contribution in [3.8, 4) is 0 Å². The largest absolute Gasteiger partial charge is 0.355 e. The molecular formula is C22H28FN3O4S. The number of rotatable bonds is 9. The zero-order valence-corrected chi connectivity index (χ0v) is 18.9. The Morgan fingerprint density at radius 1 is 1.13 bits per heavy atom. The lowest BCUT2D eigenvalue weighted by Gasteiger charge is -2.31. The molecule has 0 aromatic heterocycles. The molecule has 0 radical (unpaired) electrons. The lowest BCUT2D eigenvalue weighted by atomic mass is 10.1. The number of amides is 2. The second kappa shape index (κ2) is 10.4. The highest BCUT2D eigenvalue weighted by Gasteiger charge is 2.30. The maximum absolute atomic E-state index is 13.7. The summed E-state index contributed by atoms with van der Waals surface area (Å²) < 4.78 is 39.2. The predicted octanol–water partition coefficient (Wildman–Crippen LogP) is 2.45. The quantitative estimate of drug-likeness (QED) is 0.637. The van der Waals surface area contributed by atoms with Gasteiger partial charge in [-0.05, 0) is 44.5 Å². The fourth-order valence-electron chi connectivity index (χ4n) is 3.04. The fraction of sp³-hybridized carbons (Fsp3) is 0.364. The van der Waals surface area contributed by atoms with E-state index in [1.807, 2.05) is 31.2 Å². The maximum atomic E-state index is 13.7. The van der Waals surface area contributed by atoms with Crippen LogP contribution in [0.25, 0.3) is 0 Å². The van der Waals surface area contributed by atoms with Crippen LogP contribution in [0.4, 0.5) is 10.1 Å². The number of benzene rings is 2. The van der Waals surface area contributed by atoms with Gasteiger partial charge in [0, 0.05) is 13.1 Å². The minimum atomic E-state index is -3.88. The third-order valence-corrected chi connectivity index (χ3v) is 5.91. The average Bonchev–Trinajstić information content (AvgIpc) is 2.70. The molecule has 7 nitrogen and oxygen atoms in total. The van der Waals surface area contributed by atoms with E-state index in [9.17, 15) is 22.4 Å². The van der Waals surface area contributed by atoms with Gasteiger partial charge in [-0.15, -0.1) is 0 Å². The predicted molar refractivity (Wildman–Crippen MR) is 118 cm³/mol. The molecule has 0 bridgehead atoms. The van der Waals surface area contributed by atoms with Gasteiger partial charge in [0.15, 0.2) is 0 Å². The Balaban J connectivity index is 2.37. The Hall–Kier alpha value is -2.94. The van der Waals surface area contributed by atoms with Gasteiger partial charge in [0.2, 0.25) is 21.8 Å². The molecule has 1 N–H and O–H groups in total. The molecule has 9 heteroatoms. The number of likely N-dealkylation sites (N-methyl/N-ethyl adjacent to an activating group) is 1. The summed E-state index contributed by atoms with van der Waals surface area (Å²) >= 11 is 0. The molecule has 1 atom stereocenters. The number of hydrogen-bond acceptors (Lipinski definition) is 4. The molecular weight excluding hydrogens is 421 g/mol. The van der Waals surface area contributed by atoms with E-state index in [0.717, 1.165) is 27.8 Å². The zero-order valence-electron chi connectivity index (χ0n) is 18.1. The number of hydrogen-bond donors (Lipinski definition) is 1. The van der Waals surface area contributed by atoms with E-state index in [-0.39, 0.29) is 18.1 Å². The van der Waals surface area contributed by atoms with E-state index >= 15 is 0 Å². The van der Waals surface area contributed by atoms with Gasteiger partial charge in [-0.1, -0.05) is 35.9 Å². The van der Waals surface area contributed by atoms with Crippen LogP contribution in [0.3, 0.4) is 0 Å². The number of nitrogens with zero attached hydrogens (tertiary/aromatic N) is 2. The Kier molecular flexibility index (Phi) is 8.15. The van der Waals surface area contributed by atoms with Gasteiger partial charge in [0.1, 0.15) is 18.4 Å². The molecule has 0 aliphatic rings. The molecule has 0 unspecified atom stereocenters. The molecule has 0 spiro atoms. The summed E-state index contributed by atoms with van der Waals surface area (Å²) in [5, 5.41) is 2.68. The van der Waals surface area contributed by atoms with Gasteiger partial charge in [-0.25, -0.2) is 12.8 Å². The van der Waals surface area contributed by atoms with E-state index in [4.69, 9.17) is 0 Å². The summed E-state index contributed by atoms with van der Waals surface area (Å²) in [5.41, 5.74) is 1.89. The van der Waals surface area contributed by atoms with E-state index in [0.29, 0.717) is 6.54 Å². The SMILES string of the molecule is CCNC(=O)[C@@H](C)N(Cc1ccc(C)cc1)C(=O)CN(c1cccc(F)c1)S(C)(=O)=O. The molecule has 2 amide bonds. The van der Waals surface area contributed by atoms with E-state index < -0.39 is 34.3 Å². The highest BCUT2D eigenvalue weighted by Crippen LogP contribution is 2.20.